The number of piperazine rings is 1. The summed E-state index contributed by atoms with van der Waals surface area (Å²) in [6, 6.07) is 25.5. The number of thiophene rings is 1. The van der Waals surface area contributed by atoms with Gasteiger partial charge in [0.2, 0.25) is 12.0 Å². The van der Waals surface area contributed by atoms with Crippen molar-refractivity contribution >= 4 is 46.5 Å². The van der Waals surface area contributed by atoms with Gasteiger partial charge in [-0.3, -0.25) is 19.8 Å². The van der Waals surface area contributed by atoms with Gasteiger partial charge in [0.05, 0.1) is 30.5 Å². The van der Waals surface area contributed by atoms with Crippen molar-refractivity contribution in [3.8, 4) is 44.5 Å². The Balaban J connectivity index is 1.19. The SMILES string of the molecule is C=Nc1sc(-c2ccc(F)cc2)c2c1/C(=N\C)O[C@@H](C(=O)O)Cc1cc(ccc1OCc1ccnc(-c3ccccc3OC)n1)CN(CCCN1CCN(CCO)CC1)Cc1ccc-2c(C)c1Cl. The summed E-state index contributed by atoms with van der Waals surface area (Å²) in [7, 11) is 3.15. The van der Waals surface area contributed by atoms with Crippen molar-refractivity contribution in [2.24, 2.45) is 9.98 Å². The van der Waals surface area contributed by atoms with Gasteiger partial charge in [0.15, 0.2) is 5.82 Å². The number of carboxylic acids is 1. The van der Waals surface area contributed by atoms with E-state index in [1.807, 2.05) is 61.5 Å². The second-order valence-electron chi connectivity index (χ2n) is 16.8. The van der Waals surface area contributed by atoms with Crippen LogP contribution >= 0.6 is 22.9 Å². The third kappa shape index (κ3) is 11.1. The molecule has 5 heterocycles. The molecule has 2 N–H and O–H groups in total. The monoisotopic (exact) mass is 959 g/mol. The summed E-state index contributed by atoms with van der Waals surface area (Å²) in [6.07, 6.45) is 1.08. The largest absolute Gasteiger partial charge is 0.496 e. The molecular weight excluding hydrogens is 905 g/mol. The van der Waals surface area contributed by atoms with Gasteiger partial charge in [0, 0.05) is 87.5 Å². The van der Waals surface area contributed by atoms with Crippen molar-refractivity contribution in [2.75, 3.05) is 66.6 Å². The summed E-state index contributed by atoms with van der Waals surface area (Å²) in [5, 5.41) is 21.4. The van der Waals surface area contributed by atoms with E-state index in [-0.39, 0.29) is 31.3 Å². The first-order chi connectivity index (χ1) is 33.1. The van der Waals surface area contributed by atoms with E-state index < -0.39 is 12.1 Å². The number of nitrogens with zero attached hydrogens (tertiary/aromatic N) is 7. The Kier molecular flexibility index (Phi) is 15.9. The van der Waals surface area contributed by atoms with Crippen LogP contribution in [0.25, 0.3) is 33.0 Å². The number of methoxy groups -OCH3 is 1. The Bertz CT molecular complexity index is 2780. The second-order valence-corrected chi connectivity index (χ2v) is 18.2. The number of carbonyl (C=O) groups is 1. The molecule has 4 aromatic carbocycles. The number of hydrogen-bond donors (Lipinski definition) is 2. The number of β-amino-alcohol motifs (C(OH)–C–C–N with tert-alkyl or cyclic N) is 1. The molecule has 3 aliphatic rings. The quantitative estimate of drug-likeness (QED) is 0.101. The minimum atomic E-state index is -1.42. The van der Waals surface area contributed by atoms with E-state index in [4.69, 9.17) is 30.8 Å². The molecule has 0 amide bonds. The van der Waals surface area contributed by atoms with Crippen LogP contribution in [-0.2, 0) is 35.6 Å². The number of benzene rings is 4. The molecule has 0 unspecified atom stereocenters. The Morgan fingerprint density at radius 1 is 0.926 bits per heavy atom. The lowest BCUT2D eigenvalue weighted by molar-refractivity contribution is -0.145. The average Bonchev–Trinajstić information content (AvgIpc) is 3.73. The van der Waals surface area contributed by atoms with Crippen molar-refractivity contribution in [1.29, 1.82) is 0 Å². The van der Waals surface area contributed by atoms with Crippen LogP contribution in [0.3, 0.4) is 0 Å². The Labute approximate surface area is 405 Å². The number of aliphatic hydroxyl groups excluding tert-OH is 1. The van der Waals surface area contributed by atoms with E-state index in [0.717, 1.165) is 83.9 Å². The Hall–Kier alpha value is -6.07. The topological polar surface area (TPSA) is 145 Å². The second kappa shape index (κ2) is 22.4. The highest BCUT2D eigenvalue weighted by atomic mass is 35.5. The lowest BCUT2D eigenvalue weighted by atomic mass is 9.92. The fraction of sp³-hybridized carbons (Fsp3) is 0.327. The molecule has 68 heavy (non-hydrogen) atoms. The van der Waals surface area contributed by atoms with E-state index in [1.165, 1.54) is 23.5 Å². The third-order valence-corrected chi connectivity index (χ3v) is 14.1. The molecule has 6 aromatic rings. The number of rotatable bonds is 14. The molecule has 354 valence electrons. The number of aliphatic carboxylic acids is 1. The number of halogens is 2. The molecule has 4 bridgehead atoms. The van der Waals surface area contributed by atoms with Crippen molar-refractivity contribution in [1.82, 2.24) is 24.7 Å². The molecule has 13 nitrogen and oxygen atoms in total. The predicted molar refractivity (Wildman–Crippen MR) is 266 cm³/mol. The summed E-state index contributed by atoms with van der Waals surface area (Å²) in [5.74, 6) is 0.0653. The molecule has 9 rings (SSSR count). The van der Waals surface area contributed by atoms with Gasteiger partial charge in [-0.05, 0) is 96.4 Å². The van der Waals surface area contributed by atoms with Gasteiger partial charge in [0.1, 0.15) is 28.9 Å². The van der Waals surface area contributed by atoms with Crippen LogP contribution in [0.2, 0.25) is 5.02 Å². The lowest BCUT2D eigenvalue weighted by Crippen LogP contribution is -2.47. The first kappa shape index (κ1) is 48.4. The molecule has 16 heteroatoms. The van der Waals surface area contributed by atoms with Crippen LogP contribution in [-0.4, -0.2) is 126 Å². The van der Waals surface area contributed by atoms with Crippen LogP contribution < -0.4 is 9.47 Å². The number of aliphatic hydroxyl groups is 1. The zero-order chi connectivity index (χ0) is 47.7. The average molecular weight is 961 g/mol. The standard InChI is InChI=1S/C52H55ClFN7O6S/c1-33-40-16-13-36(47(33)53)31-61(21-7-20-59-22-24-60(25-23-59)26-27-62)30-34-10-17-42(66-32-39-18-19-57-49(58-39)41-8-5-6-9-43(41)65-4)37(28-34)29-44(52(63)64)67-50(55-2)46-45(40)48(68-51(46)56-3)35-11-14-38(54)15-12-35/h5-6,8-19,28,44,62H,3,7,20-27,29-32H2,1-2,4H3,(H,63,64)/b55-50+/t44-/m1/s1. The Morgan fingerprint density at radius 2 is 1.68 bits per heavy atom. The first-order valence-electron chi connectivity index (χ1n) is 22.6. The zero-order valence-electron chi connectivity index (χ0n) is 38.5. The highest BCUT2D eigenvalue weighted by Gasteiger charge is 2.32. The molecule has 1 saturated heterocycles. The van der Waals surface area contributed by atoms with Gasteiger partial charge < -0.3 is 29.3 Å². The van der Waals surface area contributed by atoms with Crippen molar-refractivity contribution < 1.29 is 33.6 Å². The van der Waals surface area contributed by atoms with E-state index in [0.29, 0.717) is 69.4 Å². The molecule has 1 fully saturated rings. The highest BCUT2D eigenvalue weighted by Crippen LogP contribution is 2.50. The summed E-state index contributed by atoms with van der Waals surface area (Å²) in [6.45, 7) is 13.3. The summed E-state index contributed by atoms with van der Waals surface area (Å²) < 4.78 is 32.9. The van der Waals surface area contributed by atoms with Gasteiger partial charge in [-0.1, -0.05) is 60.1 Å². The fourth-order valence-corrected chi connectivity index (χ4v) is 10.2. The van der Waals surface area contributed by atoms with Crippen molar-refractivity contribution in [3.05, 3.63) is 135 Å². The number of carboxylic acid groups (broad SMARTS) is 1. The van der Waals surface area contributed by atoms with Crippen LogP contribution in [0.4, 0.5) is 9.39 Å². The van der Waals surface area contributed by atoms with E-state index in [9.17, 15) is 19.4 Å². The van der Waals surface area contributed by atoms with Gasteiger partial charge in [-0.25, -0.2) is 19.2 Å². The molecule has 0 saturated carbocycles. The maximum atomic E-state index is 14.3. The number of hydrogen-bond acceptors (Lipinski definition) is 13. The van der Waals surface area contributed by atoms with Crippen molar-refractivity contribution in [3.63, 3.8) is 0 Å². The first-order valence-corrected chi connectivity index (χ1v) is 23.8. The van der Waals surface area contributed by atoms with Crippen molar-refractivity contribution in [2.45, 2.75) is 45.6 Å². The van der Waals surface area contributed by atoms with Gasteiger partial charge in [-0.15, -0.1) is 11.3 Å². The number of para-hydroxylation sites is 1. The van der Waals surface area contributed by atoms with Gasteiger partial charge >= 0.3 is 5.97 Å². The van der Waals surface area contributed by atoms with Crippen LogP contribution in [0.15, 0.2) is 101 Å². The number of aliphatic imine (C=N–C) groups is 2. The highest BCUT2D eigenvalue weighted by molar-refractivity contribution is 7.20. The molecule has 0 aliphatic carbocycles. The predicted octanol–water partition coefficient (Wildman–Crippen LogP) is 8.96. The zero-order valence-corrected chi connectivity index (χ0v) is 40.0. The van der Waals surface area contributed by atoms with Crippen LogP contribution in [0.5, 0.6) is 11.5 Å². The summed E-state index contributed by atoms with van der Waals surface area (Å²) in [4.78, 5) is 39.5. The molecule has 2 aromatic heterocycles. The maximum Gasteiger partial charge on any atom is 0.345 e. The minimum absolute atomic E-state index is 0.0515. The lowest BCUT2D eigenvalue weighted by Gasteiger charge is -2.34. The number of fused-ring (bicyclic) bond motifs is 7. The molecule has 1 atom stereocenters. The molecule has 0 spiro atoms. The summed E-state index contributed by atoms with van der Waals surface area (Å²) >= 11 is 8.73. The van der Waals surface area contributed by atoms with Gasteiger partial charge in [0.25, 0.3) is 0 Å². The van der Waals surface area contributed by atoms with Crippen LogP contribution in [0, 0.1) is 12.7 Å². The van der Waals surface area contributed by atoms with E-state index >= 15 is 0 Å². The molecular formula is C52H55ClFN7O6S. The third-order valence-electron chi connectivity index (χ3n) is 12.4. The smallest absolute Gasteiger partial charge is 0.345 e. The van der Waals surface area contributed by atoms with E-state index in [1.54, 1.807) is 38.6 Å². The normalized spacial score (nSPS) is 16.6. The maximum absolute atomic E-state index is 14.3. The minimum Gasteiger partial charge on any atom is -0.496 e. The van der Waals surface area contributed by atoms with Crippen LogP contribution in [0.1, 0.15) is 39.9 Å². The molecule has 0 radical (unpaired) electrons. The number of ether oxygens (including phenoxy) is 3. The number of aromatic nitrogens is 2. The van der Waals surface area contributed by atoms with Gasteiger partial charge in [-0.2, -0.15) is 0 Å². The molecule has 3 aliphatic heterocycles. The fourth-order valence-electron chi connectivity index (χ4n) is 8.89. The van der Waals surface area contributed by atoms with E-state index in [2.05, 4.69) is 36.4 Å². The summed E-state index contributed by atoms with van der Waals surface area (Å²) in [5.41, 5.74) is 7.30. The Morgan fingerprint density at radius 3 is 2.40 bits per heavy atom.